The smallest absolute Gasteiger partial charge is 0.0777 e. The Morgan fingerprint density at radius 2 is 1.88 bits per heavy atom. The number of rotatable bonds is 5. The van der Waals surface area contributed by atoms with Gasteiger partial charge >= 0.3 is 0 Å². The van der Waals surface area contributed by atoms with E-state index in [1.807, 2.05) is 18.2 Å². The molecule has 0 spiro atoms. The summed E-state index contributed by atoms with van der Waals surface area (Å²) >= 11 is 8.06. The second-order valence-electron chi connectivity index (χ2n) is 4.12. The van der Waals surface area contributed by atoms with E-state index in [1.54, 1.807) is 11.8 Å². The van der Waals surface area contributed by atoms with Crippen LogP contribution in [0.2, 0.25) is 0 Å². The molecule has 0 aliphatic carbocycles. The predicted octanol–water partition coefficient (Wildman–Crippen LogP) is 5.69. The molecule has 0 bridgehead atoms. The van der Waals surface area contributed by atoms with Crippen LogP contribution in [0.1, 0.15) is 33.6 Å². The highest BCUT2D eigenvalue weighted by molar-refractivity contribution is 8.04. The monoisotopic (exact) mass is 254 g/mol. The van der Waals surface area contributed by atoms with Crippen molar-refractivity contribution in [2.24, 2.45) is 5.92 Å². The fourth-order valence-corrected chi connectivity index (χ4v) is 3.09. The molecule has 0 heterocycles. The van der Waals surface area contributed by atoms with E-state index in [2.05, 4.69) is 32.9 Å². The molecule has 0 unspecified atom stereocenters. The Kier molecular flexibility index (Phi) is 6.00. The molecule has 2 heteroatoms. The molecule has 0 aliphatic rings. The summed E-state index contributed by atoms with van der Waals surface area (Å²) in [5.41, 5.74) is 1.37. The fraction of sp³-hybridized carbons (Fsp3) is 0.429. The third-order valence-corrected chi connectivity index (χ3v) is 3.84. The average Bonchev–Trinajstić information content (AvgIpc) is 2.26. The van der Waals surface area contributed by atoms with Gasteiger partial charge in [0.2, 0.25) is 0 Å². The van der Waals surface area contributed by atoms with Crippen molar-refractivity contribution in [1.82, 2.24) is 0 Å². The van der Waals surface area contributed by atoms with Crippen LogP contribution in [0.25, 0.3) is 0 Å². The van der Waals surface area contributed by atoms with Crippen LogP contribution in [-0.4, -0.2) is 0 Å². The summed E-state index contributed by atoms with van der Waals surface area (Å²) in [7, 11) is 0. The van der Waals surface area contributed by atoms with Crippen LogP contribution in [0.5, 0.6) is 0 Å². The lowest BCUT2D eigenvalue weighted by Crippen LogP contribution is -1.95. The van der Waals surface area contributed by atoms with E-state index < -0.39 is 0 Å². The zero-order valence-corrected chi connectivity index (χ0v) is 11.7. The molecule has 0 fully saturated rings. The lowest BCUT2D eigenvalue weighted by molar-refractivity contribution is 0.702. The molecular weight excluding hydrogens is 236 g/mol. The predicted molar refractivity (Wildman–Crippen MR) is 74.9 cm³/mol. The summed E-state index contributed by atoms with van der Waals surface area (Å²) < 4.78 is 0.947. The molecule has 0 N–H and O–H groups in total. The maximum absolute atomic E-state index is 6.40. The van der Waals surface area contributed by atoms with E-state index in [0.717, 1.165) is 17.2 Å². The first-order valence-electron chi connectivity index (χ1n) is 5.76. The summed E-state index contributed by atoms with van der Waals surface area (Å²) in [5.74, 6) is 0.531. The normalized spacial score (nSPS) is 12.8. The van der Waals surface area contributed by atoms with Crippen molar-refractivity contribution in [3.8, 4) is 0 Å². The van der Waals surface area contributed by atoms with E-state index in [0.29, 0.717) is 5.92 Å². The van der Waals surface area contributed by atoms with E-state index in [9.17, 15) is 0 Å². The highest BCUT2D eigenvalue weighted by atomic mass is 35.5. The molecule has 0 nitrogen and oxygen atoms in total. The van der Waals surface area contributed by atoms with Gasteiger partial charge in [-0.25, -0.2) is 0 Å². The van der Waals surface area contributed by atoms with Crippen LogP contribution < -0.4 is 0 Å². The minimum absolute atomic E-state index is 0.531. The van der Waals surface area contributed by atoms with E-state index in [4.69, 9.17) is 11.6 Å². The van der Waals surface area contributed by atoms with Crippen molar-refractivity contribution >= 4 is 23.4 Å². The Bertz CT molecular complexity index is 341. The summed E-state index contributed by atoms with van der Waals surface area (Å²) in [5, 5.41) is 0. The molecular formula is C14H19ClS. The molecule has 16 heavy (non-hydrogen) atoms. The van der Waals surface area contributed by atoms with Gasteiger partial charge in [-0.05, 0) is 30.0 Å². The van der Waals surface area contributed by atoms with Crippen LogP contribution in [0, 0.1) is 5.92 Å². The number of hydrogen-bond acceptors (Lipinski definition) is 1. The van der Waals surface area contributed by atoms with Gasteiger partial charge < -0.3 is 0 Å². The minimum atomic E-state index is 0.531. The quantitative estimate of drug-likeness (QED) is 0.609. The molecule has 0 saturated carbocycles. The van der Waals surface area contributed by atoms with Crippen molar-refractivity contribution in [3.05, 3.63) is 40.3 Å². The van der Waals surface area contributed by atoms with Gasteiger partial charge in [-0.3, -0.25) is 0 Å². The average molecular weight is 255 g/mol. The highest BCUT2D eigenvalue weighted by Gasteiger charge is 2.09. The van der Waals surface area contributed by atoms with Gasteiger partial charge in [0.15, 0.2) is 0 Å². The standard InChI is InChI=1S/C14H19ClS/c1-4-8-13(11(2)3)14(15)16-12-9-6-5-7-10-12/h5-7,9-11H,4,8H2,1-3H3/b14-13+. The van der Waals surface area contributed by atoms with Crippen molar-refractivity contribution in [2.75, 3.05) is 0 Å². The molecule has 1 rings (SSSR count). The fourth-order valence-electron chi connectivity index (χ4n) is 1.54. The zero-order valence-electron chi connectivity index (χ0n) is 10.2. The van der Waals surface area contributed by atoms with Gasteiger partial charge in [-0.2, -0.15) is 0 Å². The third-order valence-electron chi connectivity index (χ3n) is 2.42. The third kappa shape index (κ3) is 4.23. The van der Waals surface area contributed by atoms with E-state index in [1.165, 1.54) is 10.5 Å². The molecule has 0 atom stereocenters. The Morgan fingerprint density at radius 3 is 2.38 bits per heavy atom. The van der Waals surface area contributed by atoms with Gasteiger partial charge in [0.1, 0.15) is 0 Å². The Morgan fingerprint density at radius 1 is 1.25 bits per heavy atom. The van der Waals surface area contributed by atoms with Gasteiger partial charge in [-0.15, -0.1) is 0 Å². The van der Waals surface area contributed by atoms with Crippen molar-refractivity contribution < 1.29 is 0 Å². The van der Waals surface area contributed by atoms with E-state index >= 15 is 0 Å². The molecule has 0 aliphatic heterocycles. The summed E-state index contributed by atoms with van der Waals surface area (Å²) in [6.45, 7) is 6.61. The van der Waals surface area contributed by atoms with Crippen molar-refractivity contribution in [3.63, 3.8) is 0 Å². The molecule has 0 saturated heterocycles. The van der Waals surface area contributed by atoms with Crippen molar-refractivity contribution in [1.29, 1.82) is 0 Å². The zero-order chi connectivity index (χ0) is 12.0. The van der Waals surface area contributed by atoms with Crippen molar-refractivity contribution in [2.45, 2.75) is 38.5 Å². The second kappa shape index (κ2) is 7.03. The lowest BCUT2D eigenvalue weighted by atomic mass is 10.0. The molecule has 1 aromatic carbocycles. The number of benzene rings is 1. The maximum atomic E-state index is 6.40. The van der Waals surface area contributed by atoms with E-state index in [-0.39, 0.29) is 0 Å². The van der Waals surface area contributed by atoms with Gasteiger partial charge in [0.05, 0.1) is 4.36 Å². The first-order valence-corrected chi connectivity index (χ1v) is 6.96. The summed E-state index contributed by atoms with van der Waals surface area (Å²) in [6.07, 6.45) is 2.25. The number of thioether (sulfide) groups is 1. The van der Waals surface area contributed by atoms with Gasteiger partial charge in [0, 0.05) is 4.90 Å². The largest absolute Gasteiger partial charge is 0.0778 e. The highest BCUT2D eigenvalue weighted by Crippen LogP contribution is 2.35. The van der Waals surface area contributed by atoms with Gasteiger partial charge in [-0.1, -0.05) is 68.8 Å². The Balaban J connectivity index is 2.81. The topological polar surface area (TPSA) is 0 Å². The maximum Gasteiger partial charge on any atom is 0.0777 e. The van der Waals surface area contributed by atoms with Crippen LogP contribution in [-0.2, 0) is 0 Å². The van der Waals surface area contributed by atoms with Gasteiger partial charge in [0.25, 0.3) is 0 Å². The number of halogens is 1. The van der Waals surface area contributed by atoms with Crippen LogP contribution in [0.3, 0.4) is 0 Å². The first-order chi connectivity index (χ1) is 7.65. The minimum Gasteiger partial charge on any atom is -0.0778 e. The Labute approximate surface area is 108 Å². The first kappa shape index (κ1) is 13.7. The van der Waals surface area contributed by atoms with Crippen LogP contribution in [0.15, 0.2) is 45.2 Å². The summed E-state index contributed by atoms with van der Waals surface area (Å²) in [4.78, 5) is 1.21. The SMILES string of the molecule is CCC/C(=C(/Cl)Sc1ccccc1)C(C)C. The summed E-state index contributed by atoms with van der Waals surface area (Å²) in [6, 6.07) is 10.3. The number of hydrogen-bond donors (Lipinski definition) is 0. The lowest BCUT2D eigenvalue weighted by Gasteiger charge is -2.13. The second-order valence-corrected chi connectivity index (χ2v) is 5.80. The number of allylic oxidation sites excluding steroid dienone is 1. The van der Waals surface area contributed by atoms with Crippen LogP contribution in [0.4, 0.5) is 0 Å². The molecule has 0 radical (unpaired) electrons. The molecule has 88 valence electrons. The Hall–Kier alpha value is -0.400. The molecule has 0 amide bonds. The molecule has 0 aromatic heterocycles. The molecule has 1 aromatic rings. The van der Waals surface area contributed by atoms with Crippen LogP contribution >= 0.6 is 23.4 Å².